The molecule has 2 aromatic carbocycles. The van der Waals surface area contributed by atoms with Gasteiger partial charge in [-0.3, -0.25) is 19.2 Å². The normalized spacial score (nSPS) is 22.8. The van der Waals surface area contributed by atoms with Gasteiger partial charge in [0.1, 0.15) is 24.9 Å². The molecule has 0 aromatic heterocycles. The number of aliphatic hydroxyl groups excluding tert-OH is 1. The first-order valence-electron chi connectivity index (χ1n) is 14.7. The van der Waals surface area contributed by atoms with Crippen molar-refractivity contribution in [3.8, 4) is 11.1 Å². The minimum absolute atomic E-state index is 0.489. The van der Waals surface area contributed by atoms with Crippen LogP contribution in [0, 0.1) is 0 Å². The monoisotopic (exact) mass is 656 g/mol. The lowest BCUT2D eigenvalue weighted by Gasteiger charge is -2.48. The Labute approximate surface area is 269 Å². The van der Waals surface area contributed by atoms with Crippen molar-refractivity contribution < 1.29 is 62.7 Å². The van der Waals surface area contributed by atoms with Gasteiger partial charge in [0.25, 0.3) is 0 Å². The number of amides is 2. The van der Waals surface area contributed by atoms with Crippen molar-refractivity contribution in [2.24, 2.45) is 0 Å². The second kappa shape index (κ2) is 15.0. The van der Waals surface area contributed by atoms with E-state index in [1.165, 1.54) is 6.92 Å². The quantitative estimate of drug-likeness (QED) is 0.197. The summed E-state index contributed by atoms with van der Waals surface area (Å²) < 4.78 is 28.7. The summed E-state index contributed by atoms with van der Waals surface area (Å²) in [6, 6.07) is 11.5. The number of fused-ring (bicyclic) bond motifs is 3. The van der Waals surface area contributed by atoms with E-state index in [4.69, 9.17) is 23.7 Å². The average Bonchev–Trinajstić information content (AvgIpc) is 3.33. The van der Waals surface area contributed by atoms with Crippen LogP contribution < -0.4 is 10.6 Å². The number of aliphatic hydroxyl groups is 1. The molecule has 0 spiro atoms. The number of esters is 3. The molecular formula is C32H36N2O13. The van der Waals surface area contributed by atoms with Crippen LogP contribution in [-0.4, -0.2) is 102 Å². The molecule has 15 nitrogen and oxygen atoms in total. The number of ether oxygens (including phenoxy) is 5. The Morgan fingerprint density at radius 1 is 0.830 bits per heavy atom. The van der Waals surface area contributed by atoms with Gasteiger partial charge in [-0.05, 0) is 22.3 Å². The molecule has 0 bridgehead atoms. The van der Waals surface area contributed by atoms with Crippen molar-refractivity contribution in [2.45, 2.75) is 76.2 Å². The lowest BCUT2D eigenvalue weighted by atomic mass is 9.81. The van der Waals surface area contributed by atoms with E-state index < -0.39 is 97.6 Å². The fraction of sp³-hybridized carbons (Fsp3) is 0.438. The Hall–Kier alpha value is -5.02. The molecular weight excluding hydrogens is 620 g/mol. The topological polar surface area (TPSA) is 213 Å². The van der Waals surface area contributed by atoms with Crippen LogP contribution in [0.5, 0.6) is 0 Å². The summed E-state index contributed by atoms with van der Waals surface area (Å²) in [4.78, 5) is 74.1. The van der Waals surface area contributed by atoms with Gasteiger partial charge >= 0.3 is 30.0 Å². The molecule has 1 saturated heterocycles. The van der Waals surface area contributed by atoms with Crippen LogP contribution >= 0.6 is 0 Å². The van der Waals surface area contributed by atoms with Crippen LogP contribution in [0.15, 0.2) is 48.5 Å². The van der Waals surface area contributed by atoms with Crippen LogP contribution in [-0.2, 0) is 47.7 Å². The minimum atomic E-state index is -1.72. The van der Waals surface area contributed by atoms with Gasteiger partial charge in [-0.15, -0.1) is 0 Å². The first-order valence-corrected chi connectivity index (χ1v) is 14.7. The van der Waals surface area contributed by atoms with Gasteiger partial charge in [0.05, 0.1) is 18.6 Å². The number of carboxylic acids is 1. The molecule has 2 amide bonds. The molecule has 1 fully saturated rings. The second-order valence-corrected chi connectivity index (χ2v) is 11.1. The highest BCUT2D eigenvalue weighted by Crippen LogP contribution is 2.49. The standard InChI is InChI=1S/C32H36N2O13/c1-15(36)33-26-29(45-18(4)39)27(44-17(3)38)24(14-43-16(2)37)46-30(26)28(47-32(42)34-23(13-35)31(40)41)25-21-11-7-5-9-19(21)20-10-6-8-12-22(20)25/h5-12,23-30,35H,13-14H2,1-4H3,(H,33,36)(H,34,42)(H,40,41)/t23-,24+,26+,27-,28?,29+,30+/m0/s1. The Balaban J connectivity index is 1.92. The maximum atomic E-state index is 13.4. The number of benzene rings is 2. The lowest BCUT2D eigenvalue weighted by molar-refractivity contribution is -0.236. The molecule has 15 heteroatoms. The fourth-order valence-electron chi connectivity index (χ4n) is 6.01. The lowest BCUT2D eigenvalue weighted by Crippen LogP contribution is -2.69. The van der Waals surface area contributed by atoms with Gasteiger partial charge < -0.3 is 44.5 Å². The molecule has 47 heavy (non-hydrogen) atoms. The first kappa shape index (κ1) is 34.8. The second-order valence-electron chi connectivity index (χ2n) is 11.1. The molecule has 1 aliphatic carbocycles. The summed E-state index contributed by atoms with van der Waals surface area (Å²) in [6.07, 6.45) is -8.18. The fourth-order valence-corrected chi connectivity index (χ4v) is 6.01. The zero-order valence-electron chi connectivity index (χ0n) is 26.0. The molecule has 2 aromatic rings. The summed E-state index contributed by atoms with van der Waals surface area (Å²) in [7, 11) is 0. The summed E-state index contributed by atoms with van der Waals surface area (Å²) in [5.74, 6) is -5.24. The van der Waals surface area contributed by atoms with E-state index in [9.17, 15) is 39.0 Å². The number of rotatable bonds is 11. The molecule has 0 saturated carbocycles. The Bertz CT molecular complexity index is 1480. The highest BCUT2D eigenvalue weighted by molar-refractivity contribution is 5.81. The molecule has 2 aliphatic rings. The van der Waals surface area contributed by atoms with Gasteiger partial charge in [0.2, 0.25) is 5.91 Å². The molecule has 0 radical (unpaired) electrons. The van der Waals surface area contributed by atoms with E-state index in [1.807, 2.05) is 24.3 Å². The SMILES string of the molecule is CC(=O)N[C@@H]1[C@@H](OC(C)=O)[C@@H](OC(C)=O)[C@@H](COC(C)=O)O[C@H]1C(OC(=O)N[C@@H](CO)C(=O)O)C1c2ccccc2-c2ccccc21. The predicted octanol–water partition coefficient (Wildman–Crippen LogP) is 1.04. The summed E-state index contributed by atoms with van der Waals surface area (Å²) in [5.41, 5.74) is 2.99. The van der Waals surface area contributed by atoms with Crippen LogP contribution in [0.1, 0.15) is 44.7 Å². The Morgan fingerprint density at radius 3 is 1.87 bits per heavy atom. The third-order valence-corrected chi connectivity index (χ3v) is 7.71. The number of alkyl carbamates (subject to hydrolysis) is 1. The maximum absolute atomic E-state index is 13.4. The molecule has 1 unspecified atom stereocenters. The Kier molecular flexibility index (Phi) is 11.2. The largest absolute Gasteiger partial charge is 0.480 e. The number of carboxylic acid groups (broad SMARTS) is 1. The van der Waals surface area contributed by atoms with Crippen molar-refractivity contribution in [3.05, 3.63) is 59.7 Å². The van der Waals surface area contributed by atoms with Crippen LogP contribution in [0.2, 0.25) is 0 Å². The number of carbonyl (C=O) groups is 6. The molecule has 252 valence electrons. The zero-order chi connectivity index (χ0) is 34.4. The number of hydrogen-bond donors (Lipinski definition) is 4. The van der Waals surface area contributed by atoms with Crippen molar-refractivity contribution >= 4 is 35.9 Å². The minimum Gasteiger partial charge on any atom is -0.480 e. The first-order chi connectivity index (χ1) is 22.3. The Morgan fingerprint density at radius 2 is 1.38 bits per heavy atom. The van der Waals surface area contributed by atoms with Crippen molar-refractivity contribution in [1.82, 2.24) is 10.6 Å². The van der Waals surface area contributed by atoms with E-state index in [0.29, 0.717) is 11.1 Å². The van der Waals surface area contributed by atoms with Crippen LogP contribution in [0.25, 0.3) is 11.1 Å². The molecule has 1 aliphatic heterocycles. The third-order valence-electron chi connectivity index (χ3n) is 7.71. The molecule has 1 heterocycles. The molecule has 7 atom stereocenters. The number of hydrogen-bond acceptors (Lipinski definition) is 12. The van der Waals surface area contributed by atoms with Gasteiger partial charge in [-0.2, -0.15) is 0 Å². The van der Waals surface area contributed by atoms with Crippen LogP contribution in [0.4, 0.5) is 4.79 Å². The van der Waals surface area contributed by atoms with Gasteiger partial charge in [0, 0.05) is 27.7 Å². The summed E-state index contributed by atoms with van der Waals surface area (Å²) >= 11 is 0. The van der Waals surface area contributed by atoms with Gasteiger partial charge in [-0.25, -0.2) is 9.59 Å². The average molecular weight is 657 g/mol. The van der Waals surface area contributed by atoms with Gasteiger partial charge in [-0.1, -0.05) is 48.5 Å². The highest BCUT2D eigenvalue weighted by atomic mass is 16.6. The molecule has 4 N–H and O–H groups in total. The molecule has 4 rings (SSSR count). The third kappa shape index (κ3) is 8.04. The highest BCUT2D eigenvalue weighted by Gasteiger charge is 2.56. The summed E-state index contributed by atoms with van der Waals surface area (Å²) in [5, 5.41) is 23.8. The maximum Gasteiger partial charge on any atom is 0.408 e. The van der Waals surface area contributed by atoms with Crippen molar-refractivity contribution in [2.75, 3.05) is 13.2 Å². The van der Waals surface area contributed by atoms with E-state index in [0.717, 1.165) is 31.9 Å². The summed E-state index contributed by atoms with van der Waals surface area (Å²) in [6.45, 7) is 3.11. The van der Waals surface area contributed by atoms with E-state index in [1.54, 1.807) is 24.3 Å². The van der Waals surface area contributed by atoms with E-state index in [2.05, 4.69) is 10.6 Å². The van der Waals surface area contributed by atoms with E-state index in [-0.39, 0.29) is 0 Å². The van der Waals surface area contributed by atoms with Crippen molar-refractivity contribution in [1.29, 1.82) is 0 Å². The van der Waals surface area contributed by atoms with E-state index >= 15 is 0 Å². The van der Waals surface area contributed by atoms with Crippen molar-refractivity contribution in [3.63, 3.8) is 0 Å². The number of aliphatic carboxylic acids is 1. The van der Waals surface area contributed by atoms with Gasteiger partial charge in [0.15, 0.2) is 18.2 Å². The number of carbonyl (C=O) groups excluding carboxylic acids is 5. The smallest absolute Gasteiger partial charge is 0.408 e. The zero-order valence-corrected chi connectivity index (χ0v) is 26.0. The predicted molar refractivity (Wildman–Crippen MR) is 160 cm³/mol. The number of nitrogens with one attached hydrogen (secondary N) is 2. The van der Waals surface area contributed by atoms with Crippen LogP contribution in [0.3, 0.4) is 0 Å².